The minimum absolute atomic E-state index is 0.0243. The van der Waals surface area contributed by atoms with Gasteiger partial charge in [-0.3, -0.25) is 9.36 Å². The number of rotatable bonds is 18. The van der Waals surface area contributed by atoms with Crippen LogP contribution in [-0.4, -0.2) is 98.8 Å². The fourth-order valence-corrected chi connectivity index (χ4v) is 3.23. The number of hydrogen-bond donors (Lipinski definition) is 4. The number of thioether (sulfide) groups is 1. The Labute approximate surface area is 173 Å². The predicted molar refractivity (Wildman–Crippen MR) is 104 cm³/mol. The summed E-state index contributed by atoms with van der Waals surface area (Å²) in [4.78, 5) is 28.8. The summed E-state index contributed by atoms with van der Waals surface area (Å²) in [6, 6.07) is -0.681. The molecule has 29 heavy (non-hydrogen) atoms. The van der Waals surface area contributed by atoms with Gasteiger partial charge in [-0.05, 0) is 0 Å². The Kier molecular flexibility index (Phi) is 15.2. The molecular weight excluding hydrogens is 437 g/mol. The van der Waals surface area contributed by atoms with Gasteiger partial charge in [0.1, 0.15) is 0 Å². The standard InChI is InChI=1S/C15H31F2N2O8PS/c1-24-9-12(25-2)10-29-11-13(18)14(20)19-4-6-27-8-7-26-5-3-15(16,17)28(21,22)23/h12-13H,3-11,18H2,1-2H3,(H,19,20)(H2,21,22,23)/t12-,13+/m1/s1. The maximum atomic E-state index is 13.0. The second-order valence-electron chi connectivity index (χ2n) is 5.93. The second-order valence-corrected chi connectivity index (χ2v) is 8.75. The molecule has 0 fully saturated rings. The third-order valence-electron chi connectivity index (χ3n) is 3.51. The number of methoxy groups -OCH3 is 2. The highest BCUT2D eigenvalue weighted by Crippen LogP contribution is 2.54. The van der Waals surface area contributed by atoms with Gasteiger partial charge >= 0.3 is 13.3 Å². The first-order chi connectivity index (χ1) is 13.5. The number of carbonyl (C=O) groups is 1. The number of alkyl halides is 2. The zero-order valence-electron chi connectivity index (χ0n) is 16.6. The molecule has 0 aliphatic heterocycles. The smallest absolute Gasteiger partial charge is 0.382 e. The van der Waals surface area contributed by atoms with Crippen LogP contribution in [0.2, 0.25) is 0 Å². The van der Waals surface area contributed by atoms with Crippen LogP contribution in [0.4, 0.5) is 8.78 Å². The Morgan fingerprint density at radius 2 is 1.79 bits per heavy atom. The van der Waals surface area contributed by atoms with Crippen LogP contribution in [-0.2, 0) is 28.3 Å². The monoisotopic (exact) mass is 468 g/mol. The van der Waals surface area contributed by atoms with Crippen LogP contribution < -0.4 is 11.1 Å². The summed E-state index contributed by atoms with van der Waals surface area (Å²) >= 11 is 1.48. The molecule has 0 radical (unpaired) electrons. The van der Waals surface area contributed by atoms with Gasteiger partial charge < -0.3 is 39.8 Å². The molecule has 14 heteroatoms. The molecular formula is C15H31F2N2O8PS. The van der Waals surface area contributed by atoms with Gasteiger partial charge in [-0.2, -0.15) is 20.5 Å². The van der Waals surface area contributed by atoms with E-state index in [1.807, 2.05) is 0 Å². The lowest BCUT2D eigenvalue weighted by atomic mass is 10.3. The van der Waals surface area contributed by atoms with Gasteiger partial charge in [0, 0.05) is 38.7 Å². The van der Waals surface area contributed by atoms with Crippen LogP contribution >= 0.6 is 19.4 Å². The van der Waals surface area contributed by atoms with Crippen LogP contribution in [0.25, 0.3) is 0 Å². The van der Waals surface area contributed by atoms with Crippen molar-refractivity contribution in [3.8, 4) is 0 Å². The second kappa shape index (κ2) is 15.4. The number of nitrogens with one attached hydrogen (secondary N) is 1. The van der Waals surface area contributed by atoms with Crippen molar-refractivity contribution in [1.82, 2.24) is 5.32 Å². The molecule has 174 valence electrons. The highest BCUT2D eigenvalue weighted by atomic mass is 32.2. The molecule has 1 amide bonds. The summed E-state index contributed by atoms with van der Waals surface area (Å²) in [6.07, 6.45) is -1.15. The first-order valence-electron chi connectivity index (χ1n) is 8.77. The number of ether oxygens (including phenoxy) is 4. The quantitative estimate of drug-likeness (QED) is 0.160. The van der Waals surface area contributed by atoms with Crippen LogP contribution in [0, 0.1) is 0 Å². The third-order valence-corrected chi connectivity index (χ3v) is 5.79. The maximum Gasteiger partial charge on any atom is 0.394 e. The Balaban J connectivity index is 3.67. The third kappa shape index (κ3) is 13.5. The summed E-state index contributed by atoms with van der Waals surface area (Å²) in [6.45, 7) is 0.392. The highest BCUT2D eigenvalue weighted by molar-refractivity contribution is 7.99. The van der Waals surface area contributed by atoms with E-state index in [0.717, 1.165) is 0 Å². The van der Waals surface area contributed by atoms with Crippen molar-refractivity contribution in [2.75, 3.05) is 65.3 Å². The van der Waals surface area contributed by atoms with Crippen LogP contribution in [0.15, 0.2) is 0 Å². The predicted octanol–water partition coefficient (Wildman–Crippen LogP) is 0.0183. The molecule has 0 bridgehead atoms. The Morgan fingerprint density at radius 1 is 1.17 bits per heavy atom. The molecule has 0 heterocycles. The largest absolute Gasteiger partial charge is 0.394 e. The van der Waals surface area contributed by atoms with E-state index in [9.17, 15) is 18.1 Å². The van der Waals surface area contributed by atoms with Crippen molar-refractivity contribution in [1.29, 1.82) is 0 Å². The van der Waals surface area contributed by atoms with E-state index in [2.05, 4.69) is 5.32 Å². The van der Waals surface area contributed by atoms with Gasteiger partial charge in [-0.25, -0.2) is 0 Å². The lowest BCUT2D eigenvalue weighted by Gasteiger charge is -2.17. The van der Waals surface area contributed by atoms with Gasteiger partial charge in [0.25, 0.3) is 0 Å². The topological polar surface area (TPSA) is 150 Å². The first-order valence-corrected chi connectivity index (χ1v) is 11.5. The number of hydrogen-bond acceptors (Lipinski definition) is 8. The molecule has 0 aliphatic carbocycles. The molecule has 0 unspecified atom stereocenters. The molecule has 10 nitrogen and oxygen atoms in total. The van der Waals surface area contributed by atoms with Crippen molar-refractivity contribution in [2.45, 2.75) is 24.2 Å². The average molecular weight is 468 g/mol. The Hall–Kier alpha value is -0.370. The van der Waals surface area contributed by atoms with Crippen LogP contribution in [0.1, 0.15) is 6.42 Å². The van der Waals surface area contributed by atoms with Crippen LogP contribution in [0.5, 0.6) is 0 Å². The van der Waals surface area contributed by atoms with Crippen LogP contribution in [0.3, 0.4) is 0 Å². The summed E-state index contributed by atoms with van der Waals surface area (Å²) < 4.78 is 56.7. The zero-order chi connectivity index (χ0) is 22.3. The molecule has 0 aromatic heterocycles. The summed E-state index contributed by atoms with van der Waals surface area (Å²) in [7, 11) is -2.32. The van der Waals surface area contributed by atoms with E-state index in [1.165, 1.54) is 11.8 Å². The lowest BCUT2D eigenvalue weighted by Crippen LogP contribution is -2.43. The SMILES string of the molecule is COC[C@H](CSC[C@H](N)C(=O)NCCOCCOCCC(F)(F)P(=O)(O)O)OC. The summed E-state index contributed by atoms with van der Waals surface area (Å²) in [5.41, 5.74) is 1.69. The number of halogens is 2. The Bertz CT molecular complexity index is 501. The number of carbonyl (C=O) groups excluding carboxylic acids is 1. The summed E-state index contributed by atoms with van der Waals surface area (Å²) in [5.74, 6) is 0.746. The highest BCUT2D eigenvalue weighted by Gasteiger charge is 2.47. The van der Waals surface area contributed by atoms with E-state index in [4.69, 9.17) is 34.5 Å². The van der Waals surface area contributed by atoms with E-state index in [0.29, 0.717) is 18.1 Å². The minimum atomic E-state index is -5.48. The number of nitrogens with two attached hydrogens (primary N) is 1. The maximum absolute atomic E-state index is 13.0. The molecule has 0 aliphatic rings. The molecule has 0 aromatic carbocycles. The van der Waals surface area contributed by atoms with E-state index >= 15 is 0 Å². The molecule has 0 rings (SSSR count). The molecule has 0 saturated heterocycles. The molecule has 2 atom stereocenters. The Morgan fingerprint density at radius 3 is 2.34 bits per heavy atom. The lowest BCUT2D eigenvalue weighted by molar-refractivity contribution is -0.122. The molecule has 0 saturated carbocycles. The van der Waals surface area contributed by atoms with E-state index in [-0.39, 0.29) is 38.4 Å². The number of amides is 1. The van der Waals surface area contributed by atoms with Gasteiger partial charge in [-0.1, -0.05) is 0 Å². The fraction of sp³-hybridized carbons (Fsp3) is 0.933. The van der Waals surface area contributed by atoms with E-state index < -0.39 is 32.3 Å². The minimum Gasteiger partial charge on any atom is -0.382 e. The van der Waals surface area contributed by atoms with Gasteiger partial charge in [0.2, 0.25) is 5.91 Å². The first kappa shape index (κ1) is 28.6. The van der Waals surface area contributed by atoms with Crippen molar-refractivity contribution in [2.24, 2.45) is 5.73 Å². The van der Waals surface area contributed by atoms with Gasteiger partial charge in [0.15, 0.2) is 0 Å². The van der Waals surface area contributed by atoms with Crippen molar-refractivity contribution in [3.63, 3.8) is 0 Å². The molecule has 5 N–H and O–H groups in total. The van der Waals surface area contributed by atoms with Gasteiger partial charge in [-0.15, -0.1) is 0 Å². The normalized spacial score (nSPS) is 14.6. The summed E-state index contributed by atoms with van der Waals surface area (Å²) in [5, 5.41) is 2.61. The van der Waals surface area contributed by atoms with Crippen molar-refractivity contribution >= 4 is 25.3 Å². The zero-order valence-corrected chi connectivity index (χ0v) is 18.3. The van der Waals surface area contributed by atoms with E-state index in [1.54, 1.807) is 14.2 Å². The molecule has 0 aromatic rings. The fourth-order valence-electron chi connectivity index (χ4n) is 1.81. The average Bonchev–Trinajstić information content (AvgIpc) is 2.64. The van der Waals surface area contributed by atoms with Crippen molar-refractivity contribution in [3.05, 3.63) is 0 Å². The molecule has 0 spiro atoms. The van der Waals surface area contributed by atoms with Crippen molar-refractivity contribution < 1.29 is 46.9 Å². The van der Waals surface area contributed by atoms with Gasteiger partial charge in [0.05, 0.1) is 45.2 Å².